The summed E-state index contributed by atoms with van der Waals surface area (Å²) in [7, 11) is 1.67. The molecule has 0 fully saturated rings. The molecule has 0 aliphatic carbocycles. The summed E-state index contributed by atoms with van der Waals surface area (Å²) in [6, 6.07) is 16.7. The van der Waals surface area contributed by atoms with Gasteiger partial charge in [-0.25, -0.2) is 14.6 Å². The number of hydrogen-bond acceptors (Lipinski definition) is 9. The van der Waals surface area contributed by atoms with Gasteiger partial charge >= 0.3 is 12.1 Å². The number of hydrogen-bond donors (Lipinski definition) is 4. The summed E-state index contributed by atoms with van der Waals surface area (Å²) in [4.78, 5) is 51.0. The number of carbonyl (C=O) groups excluding carboxylic acids is 3. The van der Waals surface area contributed by atoms with Crippen LogP contribution in [0.4, 0.5) is 9.59 Å². The smallest absolute Gasteiger partial charge is 0.407 e. The molecular weight excluding hydrogens is 673 g/mol. The molecule has 0 saturated carbocycles. The van der Waals surface area contributed by atoms with E-state index >= 15 is 0 Å². The lowest BCUT2D eigenvalue weighted by Crippen LogP contribution is -2.57. The molecule has 0 unspecified atom stereocenters. The number of urea groups is 1. The first-order valence-electron chi connectivity index (χ1n) is 16.8. The first-order chi connectivity index (χ1) is 24.0. The van der Waals surface area contributed by atoms with Gasteiger partial charge in [0.25, 0.3) is 0 Å². The molecule has 0 aliphatic heterocycles. The van der Waals surface area contributed by atoms with Gasteiger partial charge in [0.1, 0.15) is 12.6 Å². The minimum absolute atomic E-state index is 0.0874. The van der Waals surface area contributed by atoms with E-state index in [0.717, 1.165) is 26.7 Å². The van der Waals surface area contributed by atoms with Crippen LogP contribution < -0.4 is 16.0 Å². The van der Waals surface area contributed by atoms with Crippen LogP contribution in [0, 0.1) is 5.92 Å². The van der Waals surface area contributed by atoms with Gasteiger partial charge in [-0.15, -0.1) is 22.7 Å². The van der Waals surface area contributed by atoms with Gasteiger partial charge in [0.05, 0.1) is 39.8 Å². The Kier molecular flexibility index (Phi) is 14.7. The molecule has 4 rings (SSSR count). The lowest BCUT2D eigenvalue weighted by atomic mass is 9.93. The van der Waals surface area contributed by atoms with E-state index in [0.29, 0.717) is 25.3 Å². The van der Waals surface area contributed by atoms with E-state index < -0.39 is 42.3 Å². The normalized spacial score (nSPS) is 13.7. The number of carbonyl (C=O) groups is 3. The van der Waals surface area contributed by atoms with Crippen molar-refractivity contribution in [3.8, 4) is 0 Å². The van der Waals surface area contributed by atoms with Crippen molar-refractivity contribution in [2.75, 3.05) is 7.05 Å². The zero-order chi connectivity index (χ0) is 36.0. The van der Waals surface area contributed by atoms with Crippen LogP contribution in [-0.2, 0) is 35.5 Å². The highest BCUT2D eigenvalue weighted by Gasteiger charge is 2.31. The third-order valence-corrected chi connectivity index (χ3v) is 10.1. The van der Waals surface area contributed by atoms with Crippen LogP contribution in [0.1, 0.15) is 66.7 Å². The molecular formula is C37H48N6O5S2. The maximum atomic E-state index is 13.9. The number of benzene rings is 2. The van der Waals surface area contributed by atoms with Crippen LogP contribution in [0.5, 0.6) is 0 Å². The van der Waals surface area contributed by atoms with E-state index in [2.05, 4.69) is 39.8 Å². The molecule has 0 aliphatic rings. The van der Waals surface area contributed by atoms with Gasteiger partial charge < -0.3 is 30.7 Å². The number of aromatic nitrogens is 2. The molecule has 4 atom stereocenters. The molecule has 2 heterocycles. The molecule has 0 radical (unpaired) electrons. The molecule has 4 amide bonds. The zero-order valence-corrected chi connectivity index (χ0v) is 30.9. The third kappa shape index (κ3) is 12.2. The number of thiazole rings is 2. The van der Waals surface area contributed by atoms with E-state index in [1.165, 1.54) is 16.2 Å². The maximum absolute atomic E-state index is 13.9. The predicted octanol–water partition coefficient (Wildman–Crippen LogP) is 5.91. The second-order valence-corrected chi connectivity index (χ2v) is 14.9. The summed E-state index contributed by atoms with van der Waals surface area (Å²) in [5.41, 5.74) is 4.35. The van der Waals surface area contributed by atoms with Crippen LogP contribution in [-0.4, -0.2) is 69.3 Å². The maximum Gasteiger partial charge on any atom is 0.407 e. The van der Waals surface area contributed by atoms with Crippen molar-refractivity contribution in [1.29, 1.82) is 0 Å². The quantitative estimate of drug-likeness (QED) is 0.106. The van der Waals surface area contributed by atoms with Gasteiger partial charge in [0.2, 0.25) is 5.91 Å². The molecule has 13 heteroatoms. The monoisotopic (exact) mass is 720 g/mol. The van der Waals surface area contributed by atoms with Crippen molar-refractivity contribution in [2.45, 2.75) is 90.3 Å². The van der Waals surface area contributed by atoms with Crippen molar-refractivity contribution in [2.24, 2.45) is 5.92 Å². The van der Waals surface area contributed by atoms with Crippen molar-refractivity contribution in [3.63, 3.8) is 0 Å². The van der Waals surface area contributed by atoms with Crippen LogP contribution in [0.3, 0.4) is 0 Å². The largest absolute Gasteiger partial charge is 0.444 e. The third-order valence-electron chi connectivity index (χ3n) is 8.13. The Morgan fingerprint density at radius 3 is 2.14 bits per heavy atom. The molecule has 0 bridgehead atoms. The Labute approximate surface area is 302 Å². The summed E-state index contributed by atoms with van der Waals surface area (Å²) in [5.74, 6) is -0.350. The fourth-order valence-corrected chi connectivity index (χ4v) is 6.72. The predicted molar refractivity (Wildman–Crippen MR) is 197 cm³/mol. The molecule has 268 valence electrons. The summed E-state index contributed by atoms with van der Waals surface area (Å²) in [5, 5.41) is 23.5. The number of aliphatic hydroxyl groups excluding tert-OH is 1. The SMILES string of the molecule is CC(C)c1nc(CN(C)C(=O)N[C@H](C(=O)N[C@@H](Cc2ccccc2)[C@@H](O)C[C@H](Cc2ccccc2)NC(=O)OCc2cncs2)C(C)C)cs1. The lowest BCUT2D eigenvalue weighted by Gasteiger charge is -2.31. The number of aliphatic hydroxyl groups is 1. The second kappa shape index (κ2) is 19.2. The molecule has 0 saturated heterocycles. The van der Waals surface area contributed by atoms with Gasteiger partial charge in [0.15, 0.2) is 0 Å². The first-order valence-corrected chi connectivity index (χ1v) is 18.6. The van der Waals surface area contributed by atoms with Crippen molar-refractivity contribution < 1.29 is 24.2 Å². The topological polar surface area (TPSA) is 146 Å². The lowest BCUT2D eigenvalue weighted by molar-refractivity contribution is -0.125. The van der Waals surface area contributed by atoms with E-state index in [1.807, 2.05) is 79.9 Å². The Bertz CT molecular complexity index is 1620. The fraction of sp³-hybridized carbons (Fsp3) is 0.432. The molecule has 4 aromatic rings. The average Bonchev–Trinajstić information content (AvgIpc) is 3.79. The van der Waals surface area contributed by atoms with Crippen molar-refractivity contribution in [3.05, 3.63) is 104 Å². The fourth-order valence-electron chi connectivity index (χ4n) is 5.38. The summed E-state index contributed by atoms with van der Waals surface area (Å²) in [6.45, 7) is 8.27. The number of nitrogens with zero attached hydrogens (tertiary/aromatic N) is 3. The number of nitrogens with one attached hydrogen (secondary N) is 3. The molecule has 50 heavy (non-hydrogen) atoms. The van der Waals surface area contributed by atoms with Crippen LogP contribution >= 0.6 is 22.7 Å². The Balaban J connectivity index is 1.47. The number of alkyl carbamates (subject to hydrolysis) is 1. The average molecular weight is 721 g/mol. The Morgan fingerprint density at radius 1 is 0.900 bits per heavy atom. The van der Waals surface area contributed by atoms with Gasteiger partial charge in [-0.1, -0.05) is 88.4 Å². The summed E-state index contributed by atoms with van der Waals surface area (Å²) < 4.78 is 5.44. The Morgan fingerprint density at radius 2 is 1.56 bits per heavy atom. The van der Waals surface area contributed by atoms with E-state index in [-0.39, 0.29) is 18.9 Å². The van der Waals surface area contributed by atoms with Crippen LogP contribution in [0.15, 0.2) is 77.8 Å². The highest BCUT2D eigenvalue weighted by atomic mass is 32.1. The molecule has 2 aromatic heterocycles. The zero-order valence-electron chi connectivity index (χ0n) is 29.2. The Hall–Kier alpha value is -4.33. The van der Waals surface area contributed by atoms with Gasteiger partial charge in [-0.3, -0.25) is 9.78 Å². The summed E-state index contributed by atoms with van der Waals surface area (Å²) in [6.07, 6.45) is 0.890. The minimum atomic E-state index is -1.05. The van der Waals surface area contributed by atoms with Crippen LogP contribution in [0.25, 0.3) is 0 Å². The van der Waals surface area contributed by atoms with Crippen molar-refractivity contribution in [1.82, 2.24) is 30.8 Å². The number of rotatable bonds is 17. The van der Waals surface area contributed by atoms with E-state index in [1.54, 1.807) is 30.1 Å². The highest BCUT2D eigenvalue weighted by molar-refractivity contribution is 7.09. The first kappa shape index (κ1) is 38.5. The van der Waals surface area contributed by atoms with Crippen molar-refractivity contribution >= 4 is 40.7 Å². The van der Waals surface area contributed by atoms with Crippen LogP contribution in [0.2, 0.25) is 0 Å². The molecule has 4 N–H and O–H groups in total. The van der Waals surface area contributed by atoms with Gasteiger partial charge in [-0.05, 0) is 36.3 Å². The number of amides is 4. The van der Waals surface area contributed by atoms with Gasteiger partial charge in [-0.2, -0.15) is 0 Å². The minimum Gasteiger partial charge on any atom is -0.444 e. The van der Waals surface area contributed by atoms with E-state index in [9.17, 15) is 19.5 Å². The molecule has 11 nitrogen and oxygen atoms in total. The van der Waals surface area contributed by atoms with Gasteiger partial charge in [0, 0.05) is 30.6 Å². The second-order valence-electron chi connectivity index (χ2n) is 13.0. The molecule has 2 aromatic carbocycles. The standard InChI is InChI=1S/C37H48N6O5S2/c1-24(2)33(42-36(46)43(5)20-29-22-49-35(39-29)25(3)4)34(45)41-31(17-27-14-10-7-11-15-27)32(44)18-28(16-26-12-8-6-9-13-26)40-37(47)48-21-30-19-38-23-50-30/h6-15,19,22-25,28,31-33,44H,16-18,20-21H2,1-5H3,(H,40,47)(H,41,45)(H,42,46)/t28-,31-,32-,33-/m0/s1. The summed E-state index contributed by atoms with van der Waals surface area (Å²) >= 11 is 2.96. The van der Waals surface area contributed by atoms with E-state index in [4.69, 9.17) is 4.74 Å². The molecule has 0 spiro atoms. The number of ether oxygens (including phenoxy) is 1. The highest BCUT2D eigenvalue weighted by Crippen LogP contribution is 2.20.